The van der Waals surface area contributed by atoms with E-state index in [1.54, 1.807) is 6.07 Å². The van der Waals surface area contributed by atoms with Gasteiger partial charge < -0.3 is 5.11 Å². The molecule has 0 radical (unpaired) electrons. The minimum atomic E-state index is -0.862. The number of hydrogen-bond donors (Lipinski definition) is 2. The normalized spacial score (nSPS) is 10.3. The summed E-state index contributed by atoms with van der Waals surface area (Å²) >= 11 is 0. The number of nitrogens with one attached hydrogen (secondary N) is 1. The molecule has 4 heteroatoms. The summed E-state index contributed by atoms with van der Waals surface area (Å²) < 4.78 is 0. The summed E-state index contributed by atoms with van der Waals surface area (Å²) in [4.78, 5) is 10.5. The number of aliphatic carboxylic acids is 1. The average Bonchev–Trinajstić information content (AvgIpc) is 2.65. The number of hydrogen-bond acceptors (Lipinski definition) is 2. The maximum Gasteiger partial charge on any atom is 0.309 e. The number of benzene rings is 1. The molecule has 0 amide bonds. The van der Waals surface area contributed by atoms with Crippen LogP contribution in [0.3, 0.4) is 0 Å². The maximum absolute atomic E-state index is 10.5. The highest BCUT2D eigenvalue weighted by molar-refractivity contribution is 5.70. The lowest BCUT2D eigenvalue weighted by Crippen LogP contribution is -1.99. The molecule has 0 aliphatic rings. The maximum atomic E-state index is 10.5. The fourth-order valence-corrected chi connectivity index (χ4v) is 1.57. The van der Waals surface area contributed by atoms with Gasteiger partial charge in [0.05, 0.1) is 12.1 Å². The second kappa shape index (κ2) is 4.18. The molecule has 0 fully saturated rings. The third kappa shape index (κ3) is 2.28. The van der Waals surface area contributed by atoms with Crippen molar-refractivity contribution in [2.75, 3.05) is 0 Å². The Kier molecular flexibility index (Phi) is 2.72. The lowest BCUT2D eigenvalue weighted by Gasteiger charge is -1.96. The van der Waals surface area contributed by atoms with E-state index in [1.807, 2.05) is 31.2 Å². The van der Waals surface area contributed by atoms with Crippen LogP contribution in [0.5, 0.6) is 0 Å². The van der Waals surface area contributed by atoms with Crippen LogP contribution in [0.25, 0.3) is 11.3 Å². The fourth-order valence-electron chi connectivity index (χ4n) is 1.57. The van der Waals surface area contributed by atoms with Crippen LogP contribution < -0.4 is 0 Å². The summed E-state index contributed by atoms with van der Waals surface area (Å²) in [6, 6.07) is 9.70. The molecule has 4 nitrogen and oxygen atoms in total. The summed E-state index contributed by atoms with van der Waals surface area (Å²) in [5.41, 5.74) is 3.54. The minimum Gasteiger partial charge on any atom is -0.481 e. The van der Waals surface area contributed by atoms with Gasteiger partial charge in [0.25, 0.3) is 0 Å². The molecule has 2 rings (SSSR count). The molecule has 16 heavy (non-hydrogen) atoms. The monoisotopic (exact) mass is 216 g/mol. The molecule has 2 aromatic rings. The molecule has 0 unspecified atom stereocenters. The van der Waals surface area contributed by atoms with Gasteiger partial charge in [0, 0.05) is 11.3 Å². The van der Waals surface area contributed by atoms with Crippen molar-refractivity contribution in [1.29, 1.82) is 0 Å². The van der Waals surface area contributed by atoms with Gasteiger partial charge in [-0.1, -0.05) is 23.8 Å². The van der Waals surface area contributed by atoms with Gasteiger partial charge in [0.1, 0.15) is 0 Å². The predicted octanol–water partition coefficient (Wildman–Crippen LogP) is 2.01. The predicted molar refractivity (Wildman–Crippen MR) is 60.1 cm³/mol. The first-order chi connectivity index (χ1) is 7.65. The topological polar surface area (TPSA) is 66.0 Å². The highest BCUT2D eigenvalue weighted by Gasteiger charge is 2.06. The zero-order valence-corrected chi connectivity index (χ0v) is 8.90. The van der Waals surface area contributed by atoms with E-state index in [-0.39, 0.29) is 6.42 Å². The summed E-state index contributed by atoms with van der Waals surface area (Å²) in [5.74, 6) is -0.862. The quantitative estimate of drug-likeness (QED) is 0.824. The Morgan fingerprint density at radius 2 is 2.25 bits per heavy atom. The standard InChI is InChI=1S/C12H12N2O2/c1-8-3-2-4-9(5-8)11-6-10(13-14-11)7-12(15)16/h2-6H,7H2,1H3,(H,13,14)(H,15,16). The van der Waals surface area contributed by atoms with Crippen LogP contribution in [-0.2, 0) is 11.2 Å². The van der Waals surface area contributed by atoms with Crippen LogP contribution in [-0.4, -0.2) is 21.3 Å². The number of rotatable bonds is 3. The van der Waals surface area contributed by atoms with E-state index >= 15 is 0 Å². The van der Waals surface area contributed by atoms with E-state index in [2.05, 4.69) is 10.2 Å². The van der Waals surface area contributed by atoms with Crippen molar-refractivity contribution in [3.05, 3.63) is 41.6 Å². The molecule has 0 atom stereocenters. The number of carboxylic acids is 1. The van der Waals surface area contributed by atoms with Gasteiger partial charge in [-0.15, -0.1) is 0 Å². The van der Waals surface area contributed by atoms with E-state index in [0.29, 0.717) is 5.69 Å². The summed E-state index contributed by atoms with van der Waals surface area (Å²) in [5, 5.41) is 15.5. The van der Waals surface area contributed by atoms with Gasteiger partial charge in [0.15, 0.2) is 0 Å². The number of H-pyrrole nitrogens is 1. The molecule has 0 saturated carbocycles. The van der Waals surface area contributed by atoms with Crippen LogP contribution in [0.4, 0.5) is 0 Å². The Labute approximate surface area is 92.9 Å². The van der Waals surface area contributed by atoms with Crippen molar-refractivity contribution in [2.45, 2.75) is 13.3 Å². The summed E-state index contributed by atoms with van der Waals surface area (Å²) in [6.07, 6.45) is -0.0290. The first kappa shape index (κ1) is 10.4. The highest BCUT2D eigenvalue weighted by Crippen LogP contribution is 2.18. The molecule has 1 heterocycles. The van der Waals surface area contributed by atoms with Crippen LogP contribution in [0.15, 0.2) is 30.3 Å². The van der Waals surface area contributed by atoms with E-state index in [9.17, 15) is 4.79 Å². The fraction of sp³-hybridized carbons (Fsp3) is 0.167. The van der Waals surface area contributed by atoms with Gasteiger partial charge in [-0.25, -0.2) is 0 Å². The number of carboxylic acid groups (broad SMARTS) is 1. The van der Waals surface area contributed by atoms with Crippen LogP contribution in [0.2, 0.25) is 0 Å². The van der Waals surface area contributed by atoms with Gasteiger partial charge >= 0.3 is 5.97 Å². The van der Waals surface area contributed by atoms with Crippen LogP contribution >= 0.6 is 0 Å². The molecule has 0 saturated heterocycles. The molecule has 0 spiro atoms. The zero-order valence-electron chi connectivity index (χ0n) is 8.90. The lowest BCUT2D eigenvalue weighted by atomic mass is 10.1. The number of aromatic nitrogens is 2. The second-order valence-electron chi connectivity index (χ2n) is 3.72. The van der Waals surface area contributed by atoms with Gasteiger partial charge in [-0.3, -0.25) is 9.89 Å². The number of aromatic amines is 1. The Balaban J connectivity index is 2.28. The van der Waals surface area contributed by atoms with Crippen molar-refractivity contribution >= 4 is 5.97 Å². The molecule has 0 aliphatic heterocycles. The Hall–Kier alpha value is -2.10. The van der Waals surface area contributed by atoms with E-state index in [0.717, 1.165) is 16.8 Å². The largest absolute Gasteiger partial charge is 0.481 e. The molecular formula is C12H12N2O2. The minimum absolute atomic E-state index is 0.0290. The highest BCUT2D eigenvalue weighted by atomic mass is 16.4. The lowest BCUT2D eigenvalue weighted by molar-refractivity contribution is -0.136. The van der Waals surface area contributed by atoms with Crippen molar-refractivity contribution in [1.82, 2.24) is 10.2 Å². The molecule has 0 aliphatic carbocycles. The number of nitrogens with zero attached hydrogens (tertiary/aromatic N) is 1. The van der Waals surface area contributed by atoms with E-state index in [4.69, 9.17) is 5.11 Å². The molecular weight excluding hydrogens is 204 g/mol. The van der Waals surface area contributed by atoms with E-state index < -0.39 is 5.97 Å². The van der Waals surface area contributed by atoms with Crippen LogP contribution in [0.1, 0.15) is 11.3 Å². The third-order valence-electron chi connectivity index (χ3n) is 2.29. The Morgan fingerprint density at radius 1 is 1.44 bits per heavy atom. The smallest absolute Gasteiger partial charge is 0.309 e. The Morgan fingerprint density at radius 3 is 2.94 bits per heavy atom. The zero-order chi connectivity index (χ0) is 11.5. The third-order valence-corrected chi connectivity index (χ3v) is 2.29. The Bertz CT molecular complexity index is 517. The van der Waals surface area contributed by atoms with Gasteiger partial charge in [-0.2, -0.15) is 5.10 Å². The molecule has 1 aromatic carbocycles. The average molecular weight is 216 g/mol. The summed E-state index contributed by atoms with van der Waals surface area (Å²) in [7, 11) is 0. The second-order valence-corrected chi connectivity index (χ2v) is 3.72. The van der Waals surface area contributed by atoms with E-state index in [1.165, 1.54) is 0 Å². The van der Waals surface area contributed by atoms with Crippen molar-refractivity contribution in [3.8, 4) is 11.3 Å². The number of aryl methyl sites for hydroxylation is 1. The van der Waals surface area contributed by atoms with Gasteiger partial charge in [0.2, 0.25) is 0 Å². The SMILES string of the molecule is Cc1cccc(-c2cc(CC(=O)O)[nH]n2)c1. The first-order valence-electron chi connectivity index (χ1n) is 4.98. The molecule has 2 N–H and O–H groups in total. The van der Waals surface area contributed by atoms with Gasteiger partial charge in [-0.05, 0) is 19.1 Å². The molecule has 0 bridgehead atoms. The van der Waals surface area contributed by atoms with Crippen LogP contribution in [0, 0.1) is 6.92 Å². The van der Waals surface area contributed by atoms with Crippen molar-refractivity contribution < 1.29 is 9.90 Å². The first-order valence-corrected chi connectivity index (χ1v) is 4.98. The molecule has 1 aromatic heterocycles. The molecule has 82 valence electrons. The van der Waals surface area contributed by atoms with Crippen molar-refractivity contribution in [2.24, 2.45) is 0 Å². The number of carbonyl (C=O) groups is 1. The van der Waals surface area contributed by atoms with Crippen molar-refractivity contribution in [3.63, 3.8) is 0 Å². The summed E-state index contributed by atoms with van der Waals surface area (Å²) in [6.45, 7) is 2.01.